The van der Waals surface area contributed by atoms with E-state index in [1.54, 1.807) is 30.3 Å². The Balaban J connectivity index is 1.23. The Morgan fingerprint density at radius 3 is 2.48 bits per heavy atom. The minimum atomic E-state index is -0.961. The van der Waals surface area contributed by atoms with Crippen molar-refractivity contribution in [3.05, 3.63) is 149 Å². The van der Waals surface area contributed by atoms with Crippen molar-refractivity contribution >= 4 is 56.5 Å². The Hall–Kier alpha value is -5.32. The number of ketones is 1. The van der Waals surface area contributed by atoms with Gasteiger partial charge in [-0.05, 0) is 51.7 Å². The van der Waals surface area contributed by atoms with Gasteiger partial charge in [0.2, 0.25) is 5.13 Å². The molecule has 1 amide bonds. The van der Waals surface area contributed by atoms with E-state index in [1.165, 1.54) is 45.8 Å². The van der Waals surface area contributed by atoms with E-state index in [1.807, 2.05) is 54.6 Å². The van der Waals surface area contributed by atoms with Crippen molar-refractivity contribution in [3.8, 4) is 5.75 Å². The first-order chi connectivity index (χ1) is 22.6. The molecule has 2 aromatic heterocycles. The summed E-state index contributed by atoms with van der Waals surface area (Å²) >= 11 is 2.74. The summed E-state index contributed by atoms with van der Waals surface area (Å²) in [4.78, 5) is 32.6. The molecule has 10 heteroatoms. The summed E-state index contributed by atoms with van der Waals surface area (Å²) < 4.78 is 6.72. The van der Waals surface area contributed by atoms with Gasteiger partial charge in [-0.25, -0.2) is 0 Å². The van der Waals surface area contributed by atoms with Gasteiger partial charge in [0, 0.05) is 23.7 Å². The van der Waals surface area contributed by atoms with E-state index in [0.717, 1.165) is 16.5 Å². The lowest BCUT2D eigenvalue weighted by Gasteiger charge is -2.23. The zero-order valence-corrected chi connectivity index (χ0v) is 25.9. The van der Waals surface area contributed by atoms with Gasteiger partial charge in [0.05, 0.1) is 11.6 Å². The first kappa shape index (κ1) is 29.4. The number of hydrogen-bond donors (Lipinski definition) is 1. The number of benzene rings is 4. The van der Waals surface area contributed by atoms with Gasteiger partial charge >= 0.3 is 5.91 Å². The summed E-state index contributed by atoms with van der Waals surface area (Å²) in [6, 6.07) is 33.6. The second-order valence-electron chi connectivity index (χ2n) is 10.5. The van der Waals surface area contributed by atoms with Crippen molar-refractivity contribution < 1.29 is 19.4 Å². The molecule has 1 atom stereocenters. The minimum absolute atomic E-state index is 0.0448. The number of rotatable bonds is 9. The maximum atomic E-state index is 13.7. The average Bonchev–Trinajstić information content (AvgIpc) is 3.68. The Kier molecular flexibility index (Phi) is 8.28. The molecular formula is C36H26N4O4S2. The molecule has 8 nitrogen and oxygen atoms in total. The molecule has 1 aliphatic rings. The number of thioether (sulfide) groups is 1. The lowest BCUT2D eigenvalue weighted by atomic mass is 9.95. The van der Waals surface area contributed by atoms with Crippen molar-refractivity contribution in [2.75, 3.05) is 4.90 Å². The van der Waals surface area contributed by atoms with E-state index in [2.05, 4.69) is 39.4 Å². The van der Waals surface area contributed by atoms with Gasteiger partial charge in [0.25, 0.3) is 5.78 Å². The summed E-state index contributed by atoms with van der Waals surface area (Å²) in [5.74, 6) is -0.687. The van der Waals surface area contributed by atoms with Gasteiger partial charge in [0.1, 0.15) is 18.1 Å². The molecule has 1 aliphatic heterocycles. The number of aromatic nitrogens is 3. The third-order valence-corrected chi connectivity index (χ3v) is 9.76. The van der Waals surface area contributed by atoms with Crippen LogP contribution in [0, 0.1) is 0 Å². The van der Waals surface area contributed by atoms with Gasteiger partial charge in [-0.3, -0.25) is 19.5 Å². The fourth-order valence-electron chi connectivity index (χ4n) is 5.44. The highest BCUT2D eigenvalue weighted by atomic mass is 32.2. The van der Waals surface area contributed by atoms with E-state index >= 15 is 0 Å². The summed E-state index contributed by atoms with van der Waals surface area (Å²) in [6.07, 6.45) is 3.03. The number of Topliss-reactive ketones (excluding diaryl/α,β-unsaturated/α-hetero) is 1. The van der Waals surface area contributed by atoms with Gasteiger partial charge in [-0.2, -0.15) is 0 Å². The number of aliphatic hydroxyl groups excluding tert-OH is 1. The molecule has 1 N–H and O–H groups in total. The Morgan fingerprint density at radius 2 is 1.63 bits per heavy atom. The average molecular weight is 643 g/mol. The van der Waals surface area contributed by atoms with Gasteiger partial charge in [-0.15, -0.1) is 10.2 Å². The maximum absolute atomic E-state index is 13.7. The van der Waals surface area contributed by atoms with Crippen LogP contribution in [-0.2, 0) is 21.9 Å². The SMILES string of the molecule is O=C1C(=O)N(c2nnc(SCc3cccc4ccccc34)s2)C(c2cccc(OCc3ccccc3)c2)C1=C(O)c1ccncc1. The number of fused-ring (bicyclic) bond motifs is 1. The highest BCUT2D eigenvalue weighted by Gasteiger charge is 2.48. The number of carbonyl (C=O) groups excluding carboxylic acids is 2. The molecule has 3 heterocycles. The van der Waals surface area contributed by atoms with E-state index in [4.69, 9.17) is 4.74 Å². The van der Waals surface area contributed by atoms with Crippen LogP contribution in [0.25, 0.3) is 16.5 Å². The van der Waals surface area contributed by atoms with Gasteiger partial charge in [-0.1, -0.05) is 108 Å². The zero-order chi connectivity index (χ0) is 31.5. The molecule has 0 radical (unpaired) electrons. The van der Waals surface area contributed by atoms with Crippen LogP contribution in [0.1, 0.15) is 28.3 Å². The number of ether oxygens (including phenoxy) is 1. The Labute approximate surface area is 273 Å². The summed E-state index contributed by atoms with van der Waals surface area (Å²) in [5.41, 5.74) is 3.07. The largest absolute Gasteiger partial charge is 0.507 e. The van der Waals surface area contributed by atoms with E-state index in [-0.39, 0.29) is 16.5 Å². The maximum Gasteiger partial charge on any atom is 0.301 e. The minimum Gasteiger partial charge on any atom is -0.507 e. The predicted octanol–water partition coefficient (Wildman–Crippen LogP) is 7.58. The second-order valence-corrected chi connectivity index (χ2v) is 12.7. The Bertz CT molecular complexity index is 2080. The third kappa shape index (κ3) is 5.88. The number of amides is 1. The molecule has 0 saturated carbocycles. The standard InChI is InChI=1S/C36H26N4O4S2/c41-32(25-16-18-37-19-17-25)30-31(26-12-7-14-28(20-26)44-21-23-8-2-1-3-9-23)40(34(43)33(30)42)35-38-39-36(46-35)45-22-27-13-6-11-24-10-4-5-15-29(24)27/h1-20,31,41H,21-22H2. The van der Waals surface area contributed by atoms with Gasteiger partial charge in [0.15, 0.2) is 4.34 Å². The molecule has 0 bridgehead atoms. The molecule has 7 rings (SSSR count). The lowest BCUT2D eigenvalue weighted by Crippen LogP contribution is -2.29. The molecule has 226 valence electrons. The predicted molar refractivity (Wildman–Crippen MR) is 180 cm³/mol. The van der Waals surface area contributed by atoms with Crippen LogP contribution in [0.15, 0.2) is 132 Å². The molecule has 0 aliphatic carbocycles. The number of pyridine rings is 1. The van der Waals surface area contributed by atoms with Crippen LogP contribution in [0.4, 0.5) is 5.13 Å². The number of hydrogen-bond acceptors (Lipinski definition) is 9. The fraction of sp³-hybridized carbons (Fsp3) is 0.0833. The third-order valence-electron chi connectivity index (χ3n) is 7.65. The molecule has 0 spiro atoms. The molecule has 1 saturated heterocycles. The highest BCUT2D eigenvalue weighted by Crippen LogP contribution is 2.44. The number of aliphatic hydroxyl groups is 1. The van der Waals surface area contributed by atoms with Crippen LogP contribution in [-0.4, -0.2) is 32.0 Å². The van der Waals surface area contributed by atoms with Crippen LogP contribution >= 0.6 is 23.1 Å². The van der Waals surface area contributed by atoms with Gasteiger partial charge < -0.3 is 9.84 Å². The highest BCUT2D eigenvalue weighted by molar-refractivity contribution is 8.00. The zero-order valence-electron chi connectivity index (χ0n) is 24.3. The quantitative estimate of drug-likeness (QED) is 0.0566. The summed E-state index contributed by atoms with van der Waals surface area (Å²) in [6.45, 7) is 0.342. The van der Waals surface area contributed by atoms with Crippen molar-refractivity contribution in [1.82, 2.24) is 15.2 Å². The van der Waals surface area contributed by atoms with Crippen LogP contribution in [0.2, 0.25) is 0 Å². The van der Waals surface area contributed by atoms with E-state index in [9.17, 15) is 14.7 Å². The molecular weight excluding hydrogens is 617 g/mol. The van der Waals surface area contributed by atoms with E-state index in [0.29, 0.717) is 33.6 Å². The second kappa shape index (κ2) is 13.0. The Morgan fingerprint density at radius 1 is 0.870 bits per heavy atom. The number of carbonyl (C=O) groups is 2. The molecule has 1 unspecified atom stereocenters. The number of anilines is 1. The lowest BCUT2D eigenvalue weighted by molar-refractivity contribution is -0.132. The van der Waals surface area contributed by atoms with Crippen molar-refractivity contribution in [3.63, 3.8) is 0 Å². The monoisotopic (exact) mass is 642 g/mol. The van der Waals surface area contributed by atoms with Crippen molar-refractivity contribution in [2.24, 2.45) is 0 Å². The van der Waals surface area contributed by atoms with Crippen molar-refractivity contribution in [1.29, 1.82) is 0 Å². The first-order valence-electron chi connectivity index (χ1n) is 14.5. The summed E-state index contributed by atoms with van der Waals surface area (Å²) in [7, 11) is 0. The first-order valence-corrected chi connectivity index (χ1v) is 16.3. The normalized spacial score (nSPS) is 15.8. The summed E-state index contributed by atoms with van der Waals surface area (Å²) in [5, 5.41) is 22.7. The van der Waals surface area contributed by atoms with Crippen molar-refractivity contribution in [2.45, 2.75) is 22.7 Å². The van der Waals surface area contributed by atoms with Crippen LogP contribution in [0.5, 0.6) is 5.75 Å². The van der Waals surface area contributed by atoms with E-state index < -0.39 is 17.7 Å². The van der Waals surface area contributed by atoms with Crippen LogP contribution in [0.3, 0.4) is 0 Å². The molecule has 46 heavy (non-hydrogen) atoms. The number of nitrogens with zero attached hydrogens (tertiary/aromatic N) is 4. The molecule has 6 aromatic rings. The topological polar surface area (TPSA) is 106 Å². The fourth-order valence-corrected chi connectivity index (χ4v) is 7.31. The van der Waals surface area contributed by atoms with Crippen LogP contribution < -0.4 is 9.64 Å². The molecule has 4 aromatic carbocycles. The smallest absolute Gasteiger partial charge is 0.301 e. The molecule has 1 fully saturated rings.